The van der Waals surface area contributed by atoms with Gasteiger partial charge in [-0.2, -0.15) is 0 Å². The van der Waals surface area contributed by atoms with E-state index in [0.29, 0.717) is 6.10 Å². The SMILES string of the molecule is CC(C)CNCC1CCC1c1ccc(OC2CC2)cc1. The molecule has 0 amide bonds. The molecule has 2 fully saturated rings. The summed E-state index contributed by atoms with van der Waals surface area (Å²) in [5.74, 6) is 3.37. The van der Waals surface area contributed by atoms with Crippen molar-refractivity contribution in [1.29, 1.82) is 0 Å². The van der Waals surface area contributed by atoms with E-state index >= 15 is 0 Å². The normalized spacial score (nSPS) is 25.6. The summed E-state index contributed by atoms with van der Waals surface area (Å²) in [5, 5.41) is 3.61. The molecule has 1 N–H and O–H groups in total. The van der Waals surface area contributed by atoms with Gasteiger partial charge in [0.15, 0.2) is 0 Å². The van der Waals surface area contributed by atoms with Crippen LogP contribution in [-0.2, 0) is 0 Å². The molecule has 1 aromatic carbocycles. The maximum absolute atomic E-state index is 5.82. The van der Waals surface area contributed by atoms with Gasteiger partial charge in [0.2, 0.25) is 0 Å². The zero-order chi connectivity index (χ0) is 13.9. The highest BCUT2D eigenvalue weighted by Crippen LogP contribution is 2.42. The Kier molecular flexibility index (Phi) is 4.30. The average molecular weight is 273 g/mol. The van der Waals surface area contributed by atoms with Crippen LogP contribution in [0.4, 0.5) is 0 Å². The van der Waals surface area contributed by atoms with Crippen LogP contribution in [0.25, 0.3) is 0 Å². The number of hydrogen-bond donors (Lipinski definition) is 1. The highest BCUT2D eigenvalue weighted by atomic mass is 16.5. The van der Waals surface area contributed by atoms with Crippen LogP contribution in [0, 0.1) is 11.8 Å². The fourth-order valence-corrected chi connectivity index (χ4v) is 2.98. The summed E-state index contributed by atoms with van der Waals surface area (Å²) >= 11 is 0. The van der Waals surface area contributed by atoms with Crippen molar-refractivity contribution in [3.05, 3.63) is 29.8 Å². The van der Waals surface area contributed by atoms with E-state index < -0.39 is 0 Å². The van der Waals surface area contributed by atoms with Gasteiger partial charge in [-0.3, -0.25) is 0 Å². The maximum atomic E-state index is 5.82. The number of hydrogen-bond acceptors (Lipinski definition) is 2. The molecule has 2 nitrogen and oxygen atoms in total. The molecule has 2 aliphatic carbocycles. The van der Waals surface area contributed by atoms with Gasteiger partial charge in [-0.05, 0) is 74.2 Å². The minimum Gasteiger partial charge on any atom is -0.490 e. The lowest BCUT2D eigenvalue weighted by atomic mass is 9.70. The highest BCUT2D eigenvalue weighted by molar-refractivity contribution is 5.31. The standard InChI is InChI=1S/C18H27NO/c1-13(2)11-19-12-15-5-10-18(15)14-3-6-16(7-4-14)20-17-8-9-17/h3-4,6-7,13,15,17-19H,5,8-12H2,1-2H3. The molecule has 110 valence electrons. The van der Waals surface area contributed by atoms with E-state index in [1.165, 1.54) is 37.8 Å². The lowest BCUT2D eigenvalue weighted by Crippen LogP contribution is -2.35. The van der Waals surface area contributed by atoms with Gasteiger partial charge in [0.25, 0.3) is 0 Å². The van der Waals surface area contributed by atoms with Crippen molar-refractivity contribution >= 4 is 0 Å². The molecular formula is C18H27NO. The van der Waals surface area contributed by atoms with E-state index in [0.717, 1.165) is 30.0 Å². The smallest absolute Gasteiger partial charge is 0.119 e. The molecule has 2 unspecified atom stereocenters. The van der Waals surface area contributed by atoms with E-state index in [-0.39, 0.29) is 0 Å². The van der Waals surface area contributed by atoms with Gasteiger partial charge in [-0.15, -0.1) is 0 Å². The van der Waals surface area contributed by atoms with E-state index in [2.05, 4.69) is 43.4 Å². The van der Waals surface area contributed by atoms with Gasteiger partial charge in [0, 0.05) is 0 Å². The van der Waals surface area contributed by atoms with Crippen molar-refractivity contribution < 1.29 is 4.74 Å². The molecule has 0 aromatic heterocycles. The molecule has 2 atom stereocenters. The molecule has 0 spiro atoms. The third kappa shape index (κ3) is 3.54. The van der Waals surface area contributed by atoms with Gasteiger partial charge < -0.3 is 10.1 Å². The quantitative estimate of drug-likeness (QED) is 0.811. The van der Waals surface area contributed by atoms with Crippen molar-refractivity contribution in [1.82, 2.24) is 5.32 Å². The first-order valence-corrected chi connectivity index (χ1v) is 8.19. The number of nitrogens with one attached hydrogen (secondary N) is 1. The van der Waals surface area contributed by atoms with Crippen LogP contribution in [0.2, 0.25) is 0 Å². The lowest BCUT2D eigenvalue weighted by molar-refractivity contribution is 0.243. The van der Waals surface area contributed by atoms with E-state index in [4.69, 9.17) is 4.74 Å². The molecule has 0 aliphatic heterocycles. The average Bonchev–Trinajstić information content (AvgIpc) is 3.19. The Bertz CT molecular complexity index is 422. The third-order valence-electron chi connectivity index (χ3n) is 4.51. The zero-order valence-corrected chi connectivity index (χ0v) is 12.8. The summed E-state index contributed by atoms with van der Waals surface area (Å²) in [6, 6.07) is 8.86. The van der Waals surface area contributed by atoms with Gasteiger partial charge in [0.1, 0.15) is 5.75 Å². The highest BCUT2D eigenvalue weighted by Gasteiger charge is 2.31. The Hall–Kier alpha value is -1.02. The Morgan fingerprint density at radius 1 is 1.10 bits per heavy atom. The molecule has 2 aliphatic rings. The van der Waals surface area contributed by atoms with Crippen molar-refractivity contribution in [3.63, 3.8) is 0 Å². The third-order valence-corrected chi connectivity index (χ3v) is 4.51. The first-order valence-electron chi connectivity index (χ1n) is 8.19. The van der Waals surface area contributed by atoms with Crippen molar-refractivity contribution in [2.75, 3.05) is 13.1 Å². The summed E-state index contributed by atoms with van der Waals surface area (Å²) < 4.78 is 5.82. The fourth-order valence-electron chi connectivity index (χ4n) is 2.98. The second-order valence-electron chi connectivity index (χ2n) is 6.88. The van der Waals surface area contributed by atoms with Crippen LogP contribution in [0.5, 0.6) is 5.75 Å². The van der Waals surface area contributed by atoms with Crippen LogP contribution >= 0.6 is 0 Å². The summed E-state index contributed by atoms with van der Waals surface area (Å²) in [4.78, 5) is 0. The number of benzene rings is 1. The van der Waals surface area contributed by atoms with Gasteiger partial charge in [-0.25, -0.2) is 0 Å². The van der Waals surface area contributed by atoms with Crippen molar-refractivity contribution in [3.8, 4) is 5.75 Å². The van der Waals surface area contributed by atoms with Crippen LogP contribution in [0.3, 0.4) is 0 Å². The topological polar surface area (TPSA) is 21.3 Å². The van der Waals surface area contributed by atoms with Crippen LogP contribution in [0.1, 0.15) is 51.0 Å². The predicted octanol–water partition coefficient (Wildman–Crippen LogP) is 3.97. The summed E-state index contributed by atoms with van der Waals surface area (Å²) in [6.07, 6.45) is 5.67. The zero-order valence-electron chi connectivity index (χ0n) is 12.8. The van der Waals surface area contributed by atoms with Crippen molar-refractivity contribution in [2.24, 2.45) is 11.8 Å². The van der Waals surface area contributed by atoms with E-state index in [9.17, 15) is 0 Å². The maximum Gasteiger partial charge on any atom is 0.119 e. The molecule has 0 radical (unpaired) electrons. The second-order valence-corrected chi connectivity index (χ2v) is 6.88. The first-order chi connectivity index (χ1) is 9.72. The van der Waals surface area contributed by atoms with E-state index in [1.807, 2.05) is 0 Å². The first kappa shape index (κ1) is 13.9. The second kappa shape index (κ2) is 6.17. The fraction of sp³-hybridized carbons (Fsp3) is 0.667. The van der Waals surface area contributed by atoms with Crippen LogP contribution in [-0.4, -0.2) is 19.2 Å². The Balaban J connectivity index is 1.50. The van der Waals surface area contributed by atoms with Gasteiger partial charge in [0.05, 0.1) is 6.10 Å². The largest absolute Gasteiger partial charge is 0.490 e. The van der Waals surface area contributed by atoms with Gasteiger partial charge >= 0.3 is 0 Å². The van der Waals surface area contributed by atoms with Crippen LogP contribution in [0.15, 0.2) is 24.3 Å². The number of rotatable bonds is 7. The monoisotopic (exact) mass is 273 g/mol. The predicted molar refractivity (Wildman–Crippen MR) is 83.3 cm³/mol. The minimum atomic E-state index is 0.498. The lowest BCUT2D eigenvalue weighted by Gasteiger charge is -2.37. The Morgan fingerprint density at radius 2 is 1.85 bits per heavy atom. The molecule has 2 heteroatoms. The van der Waals surface area contributed by atoms with Crippen molar-refractivity contribution in [2.45, 2.75) is 51.6 Å². The number of ether oxygens (including phenoxy) is 1. The van der Waals surface area contributed by atoms with Gasteiger partial charge in [-0.1, -0.05) is 26.0 Å². The Labute approximate surface area is 122 Å². The minimum absolute atomic E-state index is 0.498. The summed E-state index contributed by atoms with van der Waals surface area (Å²) in [5.41, 5.74) is 1.50. The van der Waals surface area contributed by atoms with E-state index in [1.54, 1.807) is 0 Å². The Morgan fingerprint density at radius 3 is 2.40 bits per heavy atom. The summed E-state index contributed by atoms with van der Waals surface area (Å²) in [7, 11) is 0. The molecular weight excluding hydrogens is 246 g/mol. The molecule has 0 bridgehead atoms. The van der Waals surface area contributed by atoms with Crippen LogP contribution < -0.4 is 10.1 Å². The molecule has 0 saturated heterocycles. The molecule has 2 saturated carbocycles. The molecule has 20 heavy (non-hydrogen) atoms. The molecule has 3 rings (SSSR count). The summed E-state index contributed by atoms with van der Waals surface area (Å²) in [6.45, 7) is 6.84. The molecule has 1 aromatic rings. The molecule has 0 heterocycles.